The van der Waals surface area contributed by atoms with E-state index in [-0.39, 0.29) is 5.91 Å². The van der Waals surface area contributed by atoms with Crippen molar-refractivity contribution in [2.24, 2.45) is 0 Å². The first kappa shape index (κ1) is 18.5. The minimum atomic E-state index is -0.0547. The monoisotopic (exact) mass is 382 g/mol. The molecular formula is C20H26N6O2. The van der Waals surface area contributed by atoms with Gasteiger partial charge in [0.05, 0.1) is 18.1 Å². The number of benzene rings is 1. The number of nitrogens with zero attached hydrogens (tertiary/aromatic N) is 5. The third-order valence-corrected chi connectivity index (χ3v) is 5.33. The quantitative estimate of drug-likeness (QED) is 0.708. The number of aromatic nitrogens is 5. The van der Waals surface area contributed by atoms with Gasteiger partial charge in [-0.2, -0.15) is 0 Å². The number of ether oxygens (including phenoxy) is 1. The Morgan fingerprint density at radius 2 is 2.18 bits per heavy atom. The van der Waals surface area contributed by atoms with Crippen molar-refractivity contribution in [2.75, 3.05) is 20.2 Å². The molecule has 4 rings (SSSR count). The van der Waals surface area contributed by atoms with E-state index in [1.54, 1.807) is 7.11 Å². The number of methoxy groups -OCH3 is 1. The first-order valence-corrected chi connectivity index (χ1v) is 9.93. The summed E-state index contributed by atoms with van der Waals surface area (Å²) in [7, 11) is 1.65. The molecule has 1 aliphatic heterocycles. The lowest BCUT2D eigenvalue weighted by molar-refractivity contribution is 0.0747. The molecular weight excluding hydrogens is 356 g/mol. The Kier molecular flexibility index (Phi) is 5.27. The summed E-state index contributed by atoms with van der Waals surface area (Å²) < 4.78 is 7.26. The van der Waals surface area contributed by atoms with Crippen LogP contribution in [0.4, 0.5) is 0 Å². The van der Waals surface area contributed by atoms with E-state index < -0.39 is 0 Å². The van der Waals surface area contributed by atoms with E-state index in [1.807, 2.05) is 34.6 Å². The molecule has 0 saturated carbocycles. The number of amides is 1. The number of carbonyl (C=O) groups is 1. The van der Waals surface area contributed by atoms with Crippen molar-refractivity contribution in [2.45, 2.75) is 45.6 Å². The molecule has 28 heavy (non-hydrogen) atoms. The van der Waals surface area contributed by atoms with Crippen LogP contribution in [0.2, 0.25) is 0 Å². The minimum absolute atomic E-state index is 0.0547. The Balaban J connectivity index is 1.47. The van der Waals surface area contributed by atoms with Crippen LogP contribution in [0.25, 0.3) is 11.0 Å². The molecule has 0 unspecified atom stereocenters. The number of H-pyrrole nitrogens is 1. The molecule has 2 aromatic heterocycles. The average Bonchev–Trinajstić information content (AvgIpc) is 3.23. The number of nitrogens with one attached hydrogen (secondary N) is 1. The van der Waals surface area contributed by atoms with Crippen LogP contribution in [0.3, 0.4) is 0 Å². The van der Waals surface area contributed by atoms with Crippen LogP contribution in [0.15, 0.2) is 18.2 Å². The van der Waals surface area contributed by atoms with E-state index in [2.05, 4.69) is 20.2 Å². The molecule has 0 fully saturated rings. The van der Waals surface area contributed by atoms with Gasteiger partial charge in [0.15, 0.2) is 0 Å². The number of aromatic amines is 1. The van der Waals surface area contributed by atoms with Gasteiger partial charge in [-0.15, -0.1) is 10.2 Å². The summed E-state index contributed by atoms with van der Waals surface area (Å²) in [5.74, 6) is 2.99. The molecule has 0 spiro atoms. The summed E-state index contributed by atoms with van der Waals surface area (Å²) in [4.78, 5) is 22.8. The Hall–Kier alpha value is -2.90. The highest BCUT2D eigenvalue weighted by molar-refractivity contribution is 5.90. The third-order valence-electron chi connectivity index (χ3n) is 5.33. The highest BCUT2D eigenvalue weighted by Gasteiger charge is 2.24. The van der Waals surface area contributed by atoms with Crippen molar-refractivity contribution in [3.63, 3.8) is 0 Å². The van der Waals surface area contributed by atoms with Crippen molar-refractivity contribution in [3.05, 3.63) is 35.7 Å². The summed E-state index contributed by atoms with van der Waals surface area (Å²) in [6.07, 6.45) is 4.90. The van der Waals surface area contributed by atoms with Crippen LogP contribution >= 0.6 is 0 Å². The van der Waals surface area contributed by atoms with Gasteiger partial charge in [0.2, 0.25) is 5.82 Å². The smallest absolute Gasteiger partial charge is 0.291 e. The van der Waals surface area contributed by atoms with Gasteiger partial charge in [0, 0.05) is 38.5 Å². The lowest BCUT2D eigenvalue weighted by Gasteiger charge is -2.20. The van der Waals surface area contributed by atoms with Gasteiger partial charge in [-0.25, -0.2) is 4.98 Å². The SMILES string of the molecule is CCN(CCc1nc2ccc(OC)cc2[nH]1)C(=O)c1nnc2n1CCCCC2. The van der Waals surface area contributed by atoms with Crippen molar-refractivity contribution < 1.29 is 9.53 Å². The molecule has 3 heterocycles. The van der Waals surface area contributed by atoms with E-state index in [0.29, 0.717) is 25.3 Å². The van der Waals surface area contributed by atoms with E-state index in [1.165, 1.54) is 6.42 Å². The van der Waals surface area contributed by atoms with Crippen molar-refractivity contribution >= 4 is 16.9 Å². The molecule has 0 aliphatic carbocycles. The number of hydrogen-bond donors (Lipinski definition) is 1. The van der Waals surface area contributed by atoms with Crippen molar-refractivity contribution in [1.82, 2.24) is 29.6 Å². The molecule has 0 bridgehead atoms. The van der Waals surface area contributed by atoms with Crippen LogP contribution in [0, 0.1) is 0 Å². The van der Waals surface area contributed by atoms with Crippen LogP contribution in [0.1, 0.15) is 48.5 Å². The van der Waals surface area contributed by atoms with E-state index >= 15 is 0 Å². The van der Waals surface area contributed by atoms with E-state index in [9.17, 15) is 4.79 Å². The lowest BCUT2D eigenvalue weighted by atomic mass is 10.2. The largest absolute Gasteiger partial charge is 0.497 e. The maximum absolute atomic E-state index is 13.1. The van der Waals surface area contributed by atoms with E-state index in [0.717, 1.165) is 54.2 Å². The summed E-state index contributed by atoms with van der Waals surface area (Å²) in [6.45, 7) is 4.01. The molecule has 1 aliphatic rings. The molecule has 1 N–H and O–H groups in total. The zero-order valence-corrected chi connectivity index (χ0v) is 16.4. The number of rotatable bonds is 6. The summed E-state index contributed by atoms with van der Waals surface area (Å²) in [6, 6.07) is 5.76. The van der Waals surface area contributed by atoms with Gasteiger partial charge in [-0.3, -0.25) is 4.79 Å². The molecule has 1 amide bonds. The van der Waals surface area contributed by atoms with Crippen LogP contribution in [-0.4, -0.2) is 55.7 Å². The second kappa shape index (κ2) is 8.00. The Bertz CT molecular complexity index is 976. The maximum atomic E-state index is 13.1. The summed E-state index contributed by atoms with van der Waals surface area (Å²) in [5, 5.41) is 8.45. The fourth-order valence-corrected chi connectivity index (χ4v) is 3.72. The van der Waals surface area contributed by atoms with E-state index in [4.69, 9.17) is 4.74 Å². The number of fused-ring (bicyclic) bond motifs is 2. The lowest BCUT2D eigenvalue weighted by Crippen LogP contribution is -2.35. The highest BCUT2D eigenvalue weighted by atomic mass is 16.5. The van der Waals surface area contributed by atoms with Gasteiger partial charge < -0.3 is 19.2 Å². The zero-order chi connectivity index (χ0) is 19.5. The Labute approximate surface area is 163 Å². The summed E-state index contributed by atoms with van der Waals surface area (Å²) >= 11 is 0. The normalized spacial score (nSPS) is 13.9. The van der Waals surface area contributed by atoms with Gasteiger partial charge >= 0.3 is 0 Å². The fourth-order valence-electron chi connectivity index (χ4n) is 3.72. The summed E-state index contributed by atoms with van der Waals surface area (Å²) in [5.41, 5.74) is 1.83. The molecule has 0 atom stereocenters. The first-order chi connectivity index (χ1) is 13.7. The molecule has 0 saturated heterocycles. The third kappa shape index (κ3) is 3.58. The molecule has 148 valence electrons. The second-order valence-corrected chi connectivity index (χ2v) is 7.10. The topological polar surface area (TPSA) is 88.9 Å². The minimum Gasteiger partial charge on any atom is -0.497 e. The van der Waals surface area contributed by atoms with Crippen LogP contribution < -0.4 is 4.74 Å². The first-order valence-electron chi connectivity index (χ1n) is 9.93. The number of imidazole rings is 1. The van der Waals surface area contributed by atoms with Gasteiger partial charge in [0.1, 0.15) is 17.4 Å². The Morgan fingerprint density at radius 3 is 3.00 bits per heavy atom. The van der Waals surface area contributed by atoms with Crippen LogP contribution in [-0.2, 0) is 19.4 Å². The maximum Gasteiger partial charge on any atom is 0.291 e. The standard InChI is InChI=1S/C20H26N6O2/c1-3-25(20(27)19-24-23-18-7-5-4-6-11-26(18)19)12-10-17-21-15-9-8-14(28-2)13-16(15)22-17/h8-9,13H,3-7,10-12H2,1-2H3,(H,21,22). The Morgan fingerprint density at radius 1 is 1.29 bits per heavy atom. The predicted molar refractivity (Wildman–Crippen MR) is 106 cm³/mol. The number of hydrogen-bond acceptors (Lipinski definition) is 5. The van der Waals surface area contributed by atoms with Crippen LogP contribution in [0.5, 0.6) is 5.75 Å². The number of aryl methyl sites for hydroxylation is 1. The second-order valence-electron chi connectivity index (χ2n) is 7.10. The van der Waals surface area contributed by atoms with Crippen molar-refractivity contribution in [1.29, 1.82) is 0 Å². The molecule has 1 aromatic carbocycles. The van der Waals surface area contributed by atoms with Crippen molar-refractivity contribution in [3.8, 4) is 5.75 Å². The van der Waals surface area contributed by atoms with Gasteiger partial charge in [-0.1, -0.05) is 6.42 Å². The molecule has 8 heteroatoms. The van der Waals surface area contributed by atoms with Gasteiger partial charge in [-0.05, 0) is 31.9 Å². The number of likely N-dealkylation sites (N-methyl/N-ethyl adjacent to an activating group) is 1. The van der Waals surface area contributed by atoms with Gasteiger partial charge in [0.25, 0.3) is 5.91 Å². The highest BCUT2D eigenvalue weighted by Crippen LogP contribution is 2.19. The predicted octanol–water partition coefficient (Wildman–Crippen LogP) is 2.59. The zero-order valence-electron chi connectivity index (χ0n) is 16.4. The molecule has 0 radical (unpaired) electrons. The average molecular weight is 382 g/mol. The molecule has 8 nitrogen and oxygen atoms in total. The fraction of sp³-hybridized carbons (Fsp3) is 0.500. The number of carbonyl (C=O) groups excluding carboxylic acids is 1. The molecule has 3 aromatic rings.